The van der Waals surface area contributed by atoms with Crippen molar-refractivity contribution >= 4 is 17.8 Å². The van der Waals surface area contributed by atoms with Crippen LogP contribution in [0.1, 0.15) is 12.0 Å². The van der Waals surface area contributed by atoms with Crippen LogP contribution >= 0.6 is 0 Å². The smallest absolute Gasteiger partial charge is 0.336 e. The maximum absolute atomic E-state index is 11.7. The lowest BCUT2D eigenvalue weighted by molar-refractivity contribution is -0.164. The second kappa shape index (κ2) is 5.62. The number of ether oxygens (including phenoxy) is 1. The van der Waals surface area contributed by atoms with Crippen molar-refractivity contribution in [1.29, 1.82) is 0 Å². The van der Waals surface area contributed by atoms with Crippen molar-refractivity contribution in [2.75, 3.05) is 0 Å². The minimum Gasteiger partial charge on any atom is -0.392 e. The maximum atomic E-state index is 11.7. The minimum absolute atomic E-state index is 0.255. The Hall–Kier alpha value is -2.21. The maximum Gasteiger partial charge on any atom is 0.336 e. The Morgan fingerprint density at radius 2 is 1.89 bits per heavy atom. The molecule has 0 bridgehead atoms. The number of hydrogen-bond acceptors (Lipinski definition) is 5. The van der Waals surface area contributed by atoms with Crippen LogP contribution in [0.25, 0.3) is 0 Å². The van der Waals surface area contributed by atoms with Crippen LogP contribution in [0.3, 0.4) is 0 Å². The number of hydrogen-bond donors (Lipinski definition) is 2. The zero-order valence-corrected chi connectivity index (χ0v) is 10.2. The Morgan fingerprint density at radius 3 is 2.58 bits per heavy atom. The standard InChI is InChI=1S/C13H14N2O4/c14-9-7-11(16)19-13(18)10(15-12(9)17)6-8-4-2-1-3-5-8/h1-5,9-10H,6-7,14H2,(H,15,17)/t9-,10-/m0/s1. The van der Waals surface area contributed by atoms with E-state index in [1.807, 2.05) is 30.3 Å². The third-order valence-corrected chi connectivity index (χ3v) is 2.82. The van der Waals surface area contributed by atoms with E-state index in [-0.39, 0.29) is 12.8 Å². The SMILES string of the molecule is N[C@H]1CC(=O)OC(=O)[C@H](Cc2ccccc2)NC1=O. The van der Waals surface area contributed by atoms with E-state index in [1.165, 1.54) is 0 Å². The molecule has 1 aromatic rings. The molecule has 100 valence electrons. The van der Waals surface area contributed by atoms with E-state index in [0.29, 0.717) is 0 Å². The van der Waals surface area contributed by atoms with Crippen LogP contribution in [-0.2, 0) is 25.5 Å². The van der Waals surface area contributed by atoms with Gasteiger partial charge in [-0.2, -0.15) is 0 Å². The van der Waals surface area contributed by atoms with Crippen LogP contribution in [0, 0.1) is 0 Å². The molecule has 1 aliphatic rings. The summed E-state index contributed by atoms with van der Waals surface area (Å²) in [4.78, 5) is 34.7. The molecule has 0 unspecified atom stereocenters. The van der Waals surface area contributed by atoms with Crippen molar-refractivity contribution in [3.8, 4) is 0 Å². The Kier molecular flexibility index (Phi) is 3.91. The summed E-state index contributed by atoms with van der Waals surface area (Å²) in [6, 6.07) is 7.24. The molecule has 6 nitrogen and oxygen atoms in total. The number of carbonyl (C=O) groups is 3. The zero-order chi connectivity index (χ0) is 13.8. The second-order valence-corrected chi connectivity index (χ2v) is 4.35. The summed E-state index contributed by atoms with van der Waals surface area (Å²) in [6.07, 6.45) is -0.0406. The highest BCUT2D eigenvalue weighted by Gasteiger charge is 2.31. The highest BCUT2D eigenvalue weighted by Crippen LogP contribution is 2.08. The molecule has 1 aliphatic heterocycles. The number of cyclic esters (lactones) is 2. The predicted octanol–water partition coefficient (Wildman–Crippen LogP) is -0.485. The van der Waals surface area contributed by atoms with Crippen molar-refractivity contribution in [3.63, 3.8) is 0 Å². The zero-order valence-electron chi connectivity index (χ0n) is 10.2. The van der Waals surface area contributed by atoms with Crippen LogP contribution in [0.4, 0.5) is 0 Å². The number of esters is 2. The largest absolute Gasteiger partial charge is 0.392 e. The molecule has 2 atom stereocenters. The fraction of sp³-hybridized carbons (Fsp3) is 0.308. The van der Waals surface area contributed by atoms with Gasteiger partial charge in [0.25, 0.3) is 0 Å². The number of carbonyl (C=O) groups excluding carboxylic acids is 3. The van der Waals surface area contributed by atoms with Crippen LogP contribution in [-0.4, -0.2) is 29.9 Å². The van der Waals surface area contributed by atoms with Gasteiger partial charge in [0, 0.05) is 6.42 Å². The minimum atomic E-state index is -0.987. The number of rotatable bonds is 2. The number of nitrogens with two attached hydrogens (primary N) is 1. The van der Waals surface area contributed by atoms with Gasteiger partial charge in [0.2, 0.25) is 5.91 Å². The fourth-order valence-corrected chi connectivity index (χ4v) is 1.82. The molecule has 0 aliphatic carbocycles. The van der Waals surface area contributed by atoms with Gasteiger partial charge in [0.15, 0.2) is 0 Å². The molecule has 1 saturated heterocycles. The first-order valence-electron chi connectivity index (χ1n) is 5.90. The monoisotopic (exact) mass is 262 g/mol. The lowest BCUT2D eigenvalue weighted by Gasteiger charge is -2.22. The molecule has 0 radical (unpaired) electrons. The average Bonchev–Trinajstić information content (AvgIpc) is 2.37. The number of amides is 1. The molecule has 2 rings (SSSR count). The van der Waals surface area contributed by atoms with Gasteiger partial charge in [-0.25, -0.2) is 4.79 Å². The molecular weight excluding hydrogens is 248 g/mol. The topological polar surface area (TPSA) is 98.5 Å². The highest BCUT2D eigenvalue weighted by atomic mass is 16.6. The van der Waals surface area contributed by atoms with E-state index < -0.39 is 29.9 Å². The van der Waals surface area contributed by atoms with Crippen LogP contribution in [0.5, 0.6) is 0 Å². The average molecular weight is 262 g/mol. The van der Waals surface area contributed by atoms with Crippen molar-refractivity contribution in [2.24, 2.45) is 5.73 Å². The first-order valence-corrected chi connectivity index (χ1v) is 5.90. The lowest BCUT2D eigenvalue weighted by atomic mass is 10.0. The summed E-state index contributed by atoms with van der Waals surface area (Å²) in [5, 5.41) is 2.50. The summed E-state index contributed by atoms with van der Waals surface area (Å²) < 4.78 is 4.62. The summed E-state index contributed by atoms with van der Waals surface area (Å²) in [7, 11) is 0. The molecule has 3 N–H and O–H groups in total. The van der Waals surface area contributed by atoms with Gasteiger partial charge in [0.05, 0.1) is 12.5 Å². The molecule has 1 fully saturated rings. The Morgan fingerprint density at radius 1 is 1.21 bits per heavy atom. The van der Waals surface area contributed by atoms with Crippen LogP contribution < -0.4 is 11.1 Å². The van der Waals surface area contributed by atoms with E-state index in [9.17, 15) is 14.4 Å². The van der Waals surface area contributed by atoms with Crippen molar-refractivity contribution < 1.29 is 19.1 Å². The number of nitrogens with one attached hydrogen (secondary N) is 1. The summed E-state index contributed by atoms with van der Waals surface area (Å²) >= 11 is 0. The highest BCUT2D eigenvalue weighted by molar-refractivity contribution is 5.97. The quantitative estimate of drug-likeness (QED) is 0.554. The van der Waals surface area contributed by atoms with Crippen molar-refractivity contribution in [2.45, 2.75) is 24.9 Å². The van der Waals surface area contributed by atoms with Gasteiger partial charge in [-0.3, -0.25) is 9.59 Å². The number of benzene rings is 1. The van der Waals surface area contributed by atoms with Gasteiger partial charge in [0.1, 0.15) is 6.04 Å². The normalized spacial score (nSPS) is 24.2. The van der Waals surface area contributed by atoms with E-state index in [2.05, 4.69) is 10.1 Å². The first kappa shape index (κ1) is 13.2. The van der Waals surface area contributed by atoms with Gasteiger partial charge in [-0.1, -0.05) is 30.3 Å². The van der Waals surface area contributed by atoms with Gasteiger partial charge in [-0.05, 0) is 5.56 Å². The molecule has 0 saturated carbocycles. The lowest BCUT2D eigenvalue weighted by Crippen LogP contribution is -2.53. The fourth-order valence-electron chi connectivity index (χ4n) is 1.82. The van der Waals surface area contributed by atoms with Crippen molar-refractivity contribution in [3.05, 3.63) is 35.9 Å². The molecule has 1 heterocycles. The van der Waals surface area contributed by atoms with E-state index in [4.69, 9.17) is 5.73 Å². The van der Waals surface area contributed by atoms with E-state index in [1.54, 1.807) is 0 Å². The molecule has 19 heavy (non-hydrogen) atoms. The second-order valence-electron chi connectivity index (χ2n) is 4.35. The van der Waals surface area contributed by atoms with Gasteiger partial charge < -0.3 is 15.8 Å². The van der Waals surface area contributed by atoms with Crippen LogP contribution in [0.2, 0.25) is 0 Å². The molecule has 0 spiro atoms. The third kappa shape index (κ3) is 3.38. The van der Waals surface area contributed by atoms with Gasteiger partial charge >= 0.3 is 11.9 Å². The summed E-state index contributed by atoms with van der Waals surface area (Å²) in [5.74, 6) is -2.05. The molecular formula is C13H14N2O4. The summed E-state index contributed by atoms with van der Waals surface area (Å²) in [5.41, 5.74) is 6.37. The first-order chi connectivity index (χ1) is 9.06. The van der Waals surface area contributed by atoms with E-state index in [0.717, 1.165) is 5.56 Å². The van der Waals surface area contributed by atoms with Crippen molar-refractivity contribution in [1.82, 2.24) is 5.32 Å². The Balaban J connectivity index is 2.14. The molecule has 0 aromatic heterocycles. The van der Waals surface area contributed by atoms with Crippen LogP contribution in [0.15, 0.2) is 30.3 Å². The Bertz CT molecular complexity index is 501. The molecule has 6 heteroatoms. The Labute approximate surface area is 109 Å². The predicted molar refractivity (Wildman–Crippen MR) is 65.8 cm³/mol. The van der Waals surface area contributed by atoms with Gasteiger partial charge in [-0.15, -0.1) is 0 Å². The molecule has 1 amide bonds. The van der Waals surface area contributed by atoms with E-state index >= 15 is 0 Å². The third-order valence-electron chi connectivity index (χ3n) is 2.82. The summed E-state index contributed by atoms with van der Waals surface area (Å²) in [6.45, 7) is 0. The molecule has 1 aromatic carbocycles.